The maximum Gasteiger partial charge on any atom is 0.415 e. The Morgan fingerprint density at radius 3 is 2.50 bits per heavy atom. The molecule has 0 aromatic heterocycles. The van der Waals surface area contributed by atoms with Crippen molar-refractivity contribution >= 4 is 23.4 Å². The average Bonchev–Trinajstić information content (AvgIpc) is 3.31. The van der Waals surface area contributed by atoms with Crippen LogP contribution in [-0.4, -0.2) is 60.2 Å². The van der Waals surface area contributed by atoms with Gasteiger partial charge in [-0.1, -0.05) is 23.7 Å². The number of carbonyl (C=O) groups excluding carboxylic acids is 1. The van der Waals surface area contributed by atoms with E-state index in [0.29, 0.717) is 35.2 Å². The van der Waals surface area contributed by atoms with Crippen molar-refractivity contribution in [1.29, 1.82) is 0 Å². The maximum absolute atomic E-state index is 13.5. The standard InChI is InChI=1S/C29H31ClN2O6/c1-36-21-7-9-23(10-8-21)38-29(35)32-14-12-24-25-16-19(30)4-11-26(25)31-27(24)28(32)18-2-5-22(6-3-18)37-15-13-20(34)17-33/h2-11,16,20,24,27-28,31,33-34H,12-15,17H2,1H3/t20-,24?,27?,28-/m0/s1. The Kier molecular flexibility index (Phi) is 7.93. The molecule has 2 aliphatic rings. The van der Waals surface area contributed by atoms with E-state index in [1.807, 2.05) is 42.5 Å². The fourth-order valence-electron chi connectivity index (χ4n) is 5.25. The minimum absolute atomic E-state index is 0.0629. The lowest BCUT2D eigenvalue weighted by atomic mass is 9.81. The number of nitrogens with zero attached hydrogens (tertiary/aromatic N) is 1. The molecule has 2 aliphatic heterocycles. The topological polar surface area (TPSA) is 100 Å². The van der Waals surface area contributed by atoms with Crippen molar-refractivity contribution in [1.82, 2.24) is 4.90 Å². The van der Waals surface area contributed by atoms with Gasteiger partial charge in [-0.3, -0.25) is 4.90 Å². The second-order valence-electron chi connectivity index (χ2n) is 9.52. The molecule has 4 atom stereocenters. The molecule has 0 bridgehead atoms. The molecule has 9 heteroatoms. The van der Waals surface area contributed by atoms with E-state index in [0.717, 1.165) is 23.2 Å². The van der Waals surface area contributed by atoms with Crippen molar-refractivity contribution in [3.8, 4) is 17.2 Å². The normalized spacial score (nSPS) is 20.6. The number of piperidine rings is 1. The molecule has 0 radical (unpaired) electrons. The Morgan fingerprint density at radius 2 is 1.79 bits per heavy atom. The minimum Gasteiger partial charge on any atom is -0.497 e. The van der Waals surface area contributed by atoms with Gasteiger partial charge in [-0.15, -0.1) is 0 Å². The smallest absolute Gasteiger partial charge is 0.415 e. The second-order valence-corrected chi connectivity index (χ2v) is 9.96. The predicted molar refractivity (Wildman–Crippen MR) is 144 cm³/mol. The number of fused-ring (bicyclic) bond motifs is 3. The first-order valence-electron chi connectivity index (χ1n) is 12.7. The van der Waals surface area contributed by atoms with E-state index in [1.54, 1.807) is 36.3 Å². The SMILES string of the molecule is COc1ccc(OC(=O)N2CCC3c4cc(Cl)ccc4NC3[C@@H]2c2ccc(OCC[C@H](O)CO)cc2)cc1. The number of hydrogen-bond donors (Lipinski definition) is 3. The highest BCUT2D eigenvalue weighted by atomic mass is 35.5. The molecular formula is C29H31ClN2O6. The summed E-state index contributed by atoms with van der Waals surface area (Å²) in [6.07, 6.45) is -0.122. The number of methoxy groups -OCH3 is 1. The number of rotatable bonds is 8. The zero-order chi connectivity index (χ0) is 26.6. The van der Waals surface area contributed by atoms with Gasteiger partial charge in [0.2, 0.25) is 0 Å². The van der Waals surface area contributed by atoms with Crippen LogP contribution in [0.2, 0.25) is 5.02 Å². The van der Waals surface area contributed by atoms with Crippen LogP contribution in [0.4, 0.5) is 10.5 Å². The van der Waals surface area contributed by atoms with Crippen LogP contribution in [0.25, 0.3) is 0 Å². The molecule has 0 aliphatic carbocycles. The van der Waals surface area contributed by atoms with Crippen molar-refractivity contribution < 1.29 is 29.2 Å². The number of carbonyl (C=O) groups is 1. The maximum atomic E-state index is 13.5. The lowest BCUT2D eigenvalue weighted by Gasteiger charge is -2.42. The fourth-order valence-corrected chi connectivity index (χ4v) is 5.43. The minimum atomic E-state index is -0.803. The summed E-state index contributed by atoms with van der Waals surface area (Å²) in [5, 5.41) is 22.9. The molecule has 0 spiro atoms. The van der Waals surface area contributed by atoms with Crippen LogP contribution in [0.3, 0.4) is 0 Å². The summed E-state index contributed by atoms with van der Waals surface area (Å²) in [4.78, 5) is 15.3. The van der Waals surface area contributed by atoms with Crippen molar-refractivity contribution in [2.24, 2.45) is 0 Å². The Morgan fingerprint density at radius 1 is 1.08 bits per heavy atom. The molecule has 3 N–H and O–H groups in total. The molecule has 38 heavy (non-hydrogen) atoms. The molecule has 200 valence electrons. The molecule has 1 fully saturated rings. The fraction of sp³-hybridized carbons (Fsp3) is 0.345. The first-order valence-corrected chi connectivity index (χ1v) is 13.0. The van der Waals surface area contributed by atoms with Gasteiger partial charge in [-0.05, 0) is 72.1 Å². The van der Waals surface area contributed by atoms with E-state index >= 15 is 0 Å². The van der Waals surface area contributed by atoms with Crippen molar-refractivity contribution in [3.63, 3.8) is 0 Å². The van der Waals surface area contributed by atoms with Crippen molar-refractivity contribution in [2.45, 2.75) is 36.9 Å². The van der Waals surface area contributed by atoms with Crippen LogP contribution in [0.5, 0.6) is 17.2 Å². The Balaban J connectivity index is 1.39. The zero-order valence-electron chi connectivity index (χ0n) is 21.0. The molecule has 2 heterocycles. The molecule has 1 amide bonds. The summed E-state index contributed by atoms with van der Waals surface area (Å²) in [6, 6.07) is 20.1. The molecule has 3 aromatic carbocycles. The van der Waals surface area contributed by atoms with E-state index in [9.17, 15) is 9.90 Å². The van der Waals surface area contributed by atoms with Gasteiger partial charge >= 0.3 is 6.09 Å². The lowest BCUT2D eigenvalue weighted by molar-refractivity contribution is 0.0754. The summed E-state index contributed by atoms with van der Waals surface area (Å²) in [5.74, 6) is 1.96. The number of hydrogen-bond acceptors (Lipinski definition) is 7. The highest BCUT2D eigenvalue weighted by Gasteiger charge is 2.46. The monoisotopic (exact) mass is 538 g/mol. The lowest BCUT2D eigenvalue weighted by Crippen LogP contribution is -2.50. The summed E-state index contributed by atoms with van der Waals surface area (Å²) >= 11 is 6.32. The van der Waals surface area contributed by atoms with Crippen LogP contribution in [0, 0.1) is 0 Å². The first kappa shape index (κ1) is 26.2. The van der Waals surface area contributed by atoms with Crippen LogP contribution in [0.1, 0.15) is 35.9 Å². The van der Waals surface area contributed by atoms with E-state index in [-0.39, 0.29) is 31.2 Å². The van der Waals surface area contributed by atoms with Gasteiger partial charge in [-0.25, -0.2) is 4.79 Å². The molecule has 8 nitrogen and oxygen atoms in total. The number of anilines is 1. The molecule has 2 unspecified atom stereocenters. The van der Waals surface area contributed by atoms with Gasteiger partial charge in [0.1, 0.15) is 17.2 Å². The number of aliphatic hydroxyl groups is 2. The number of halogens is 1. The number of benzene rings is 3. The van der Waals surface area contributed by atoms with Crippen LogP contribution >= 0.6 is 11.6 Å². The number of amides is 1. The Labute approximate surface area is 226 Å². The second kappa shape index (κ2) is 11.5. The summed E-state index contributed by atoms with van der Waals surface area (Å²) in [6.45, 7) is 0.508. The summed E-state index contributed by atoms with van der Waals surface area (Å²) in [5.41, 5.74) is 3.14. The third-order valence-corrected chi connectivity index (χ3v) is 7.41. The Hall–Kier alpha value is -3.46. The molecule has 1 saturated heterocycles. The first-order chi connectivity index (χ1) is 18.5. The summed E-state index contributed by atoms with van der Waals surface area (Å²) in [7, 11) is 1.59. The van der Waals surface area contributed by atoms with Gasteiger partial charge in [0.05, 0.1) is 38.5 Å². The predicted octanol–water partition coefficient (Wildman–Crippen LogP) is 4.99. The molecule has 0 saturated carbocycles. The van der Waals surface area contributed by atoms with Gasteiger partial charge in [0, 0.05) is 29.6 Å². The highest BCUT2D eigenvalue weighted by molar-refractivity contribution is 6.30. The van der Waals surface area contributed by atoms with Crippen molar-refractivity contribution in [2.75, 3.05) is 32.2 Å². The molecular weight excluding hydrogens is 508 g/mol. The zero-order valence-corrected chi connectivity index (χ0v) is 21.8. The highest BCUT2D eigenvalue weighted by Crippen LogP contribution is 2.48. The van der Waals surface area contributed by atoms with Crippen LogP contribution < -0.4 is 19.5 Å². The van der Waals surface area contributed by atoms with Gasteiger partial charge in [0.25, 0.3) is 0 Å². The molecule has 5 rings (SSSR count). The van der Waals surface area contributed by atoms with Crippen LogP contribution in [-0.2, 0) is 0 Å². The quantitative estimate of drug-likeness (QED) is 0.371. The largest absolute Gasteiger partial charge is 0.497 e. The Bertz CT molecular complexity index is 1250. The van der Waals surface area contributed by atoms with Gasteiger partial charge < -0.3 is 29.7 Å². The van der Waals surface area contributed by atoms with E-state index < -0.39 is 12.2 Å². The number of aliphatic hydroxyl groups excluding tert-OH is 2. The van der Waals surface area contributed by atoms with Crippen molar-refractivity contribution in [3.05, 3.63) is 82.9 Å². The third-order valence-electron chi connectivity index (χ3n) is 7.18. The average molecular weight is 539 g/mol. The van der Waals surface area contributed by atoms with Gasteiger partial charge in [-0.2, -0.15) is 0 Å². The van der Waals surface area contributed by atoms with Crippen LogP contribution in [0.15, 0.2) is 66.7 Å². The van der Waals surface area contributed by atoms with E-state index in [2.05, 4.69) is 5.32 Å². The van der Waals surface area contributed by atoms with E-state index in [1.165, 1.54) is 0 Å². The third kappa shape index (κ3) is 5.53. The van der Waals surface area contributed by atoms with E-state index in [4.69, 9.17) is 30.9 Å². The number of nitrogens with one attached hydrogen (secondary N) is 1. The van der Waals surface area contributed by atoms with Gasteiger partial charge in [0.15, 0.2) is 0 Å². The summed E-state index contributed by atoms with van der Waals surface area (Å²) < 4.78 is 16.7. The molecule has 3 aromatic rings. The number of ether oxygens (including phenoxy) is 3. The number of likely N-dealkylation sites (tertiary alicyclic amines) is 1.